The number of aryl methyl sites for hydroxylation is 2. The average molecular weight is 261 g/mol. The van der Waals surface area contributed by atoms with Crippen LogP contribution in [0.3, 0.4) is 0 Å². The van der Waals surface area contributed by atoms with Gasteiger partial charge >= 0.3 is 0 Å². The minimum atomic E-state index is -0.728. The summed E-state index contributed by atoms with van der Waals surface area (Å²) in [6.07, 6.45) is 3.83. The molecule has 0 bridgehead atoms. The Labute approximate surface area is 112 Å². The van der Waals surface area contributed by atoms with Gasteiger partial charge in [0.1, 0.15) is 11.3 Å². The summed E-state index contributed by atoms with van der Waals surface area (Å²) in [7, 11) is 0. The molecule has 1 aliphatic rings. The first-order valence-electron chi connectivity index (χ1n) is 6.85. The van der Waals surface area contributed by atoms with E-state index in [9.17, 15) is 5.11 Å². The quantitative estimate of drug-likeness (QED) is 0.788. The van der Waals surface area contributed by atoms with Crippen LogP contribution in [0.1, 0.15) is 24.2 Å². The highest BCUT2D eigenvalue weighted by Gasteiger charge is 2.17. The van der Waals surface area contributed by atoms with E-state index in [2.05, 4.69) is 11.4 Å². The Morgan fingerprint density at radius 1 is 1.26 bits per heavy atom. The van der Waals surface area contributed by atoms with Crippen molar-refractivity contribution >= 4 is 16.7 Å². The van der Waals surface area contributed by atoms with Crippen molar-refractivity contribution in [3.8, 4) is 0 Å². The van der Waals surface area contributed by atoms with Gasteiger partial charge in [-0.1, -0.05) is 0 Å². The van der Waals surface area contributed by atoms with Crippen LogP contribution >= 0.6 is 0 Å². The normalized spacial score (nSPS) is 16.3. The molecule has 1 unspecified atom stereocenters. The number of nitrogens with one attached hydrogen (secondary N) is 1. The Morgan fingerprint density at radius 2 is 2.11 bits per heavy atom. The van der Waals surface area contributed by atoms with Crippen molar-refractivity contribution in [3.63, 3.8) is 0 Å². The molecule has 3 N–H and O–H groups in total. The predicted molar refractivity (Wildman–Crippen MR) is 74.4 cm³/mol. The number of rotatable bonds is 4. The molecular formula is C15H19NO3. The van der Waals surface area contributed by atoms with E-state index in [1.54, 1.807) is 0 Å². The highest BCUT2D eigenvalue weighted by atomic mass is 16.3. The number of benzene rings is 1. The highest BCUT2D eigenvalue weighted by molar-refractivity contribution is 5.85. The molecule has 102 valence electrons. The summed E-state index contributed by atoms with van der Waals surface area (Å²) in [5.74, 6) is 1.13. The number of fused-ring (bicyclic) bond motifs is 3. The maximum atomic E-state index is 9.35. The average Bonchev–Trinajstić information content (AvgIpc) is 2.82. The maximum absolute atomic E-state index is 9.35. The molecule has 0 saturated heterocycles. The lowest BCUT2D eigenvalue weighted by Gasteiger charge is -2.11. The van der Waals surface area contributed by atoms with Crippen molar-refractivity contribution in [2.75, 3.05) is 18.5 Å². The van der Waals surface area contributed by atoms with E-state index in [1.165, 1.54) is 23.8 Å². The van der Waals surface area contributed by atoms with E-state index < -0.39 is 6.10 Å². The van der Waals surface area contributed by atoms with Crippen LogP contribution in [0.15, 0.2) is 22.6 Å². The molecule has 1 aromatic carbocycles. The van der Waals surface area contributed by atoms with Gasteiger partial charge in [-0.15, -0.1) is 0 Å². The zero-order valence-electron chi connectivity index (χ0n) is 10.9. The van der Waals surface area contributed by atoms with Crippen LogP contribution in [0.25, 0.3) is 11.0 Å². The zero-order valence-corrected chi connectivity index (χ0v) is 10.9. The topological polar surface area (TPSA) is 65.6 Å². The fourth-order valence-corrected chi connectivity index (χ4v) is 2.67. The monoisotopic (exact) mass is 261 g/mol. The number of aliphatic hydroxyl groups excluding tert-OH is 2. The van der Waals surface area contributed by atoms with Crippen molar-refractivity contribution in [1.29, 1.82) is 0 Å². The summed E-state index contributed by atoms with van der Waals surface area (Å²) in [5.41, 5.74) is 3.24. The first kappa shape index (κ1) is 12.5. The molecule has 3 rings (SSSR count). The Balaban J connectivity index is 1.87. The zero-order chi connectivity index (χ0) is 13.2. The molecule has 0 spiro atoms. The summed E-state index contributed by atoms with van der Waals surface area (Å²) in [6, 6.07) is 6.00. The third-order valence-corrected chi connectivity index (χ3v) is 3.71. The molecular weight excluding hydrogens is 242 g/mol. The molecule has 2 aromatic rings. The van der Waals surface area contributed by atoms with Crippen LogP contribution in [-0.2, 0) is 12.8 Å². The number of hydrogen-bond acceptors (Lipinski definition) is 4. The lowest BCUT2D eigenvalue weighted by Crippen LogP contribution is -2.22. The number of hydrogen-bond donors (Lipinski definition) is 3. The van der Waals surface area contributed by atoms with Gasteiger partial charge < -0.3 is 19.9 Å². The summed E-state index contributed by atoms with van der Waals surface area (Å²) in [5, 5.41) is 22.5. The van der Waals surface area contributed by atoms with Crippen LogP contribution in [0.2, 0.25) is 0 Å². The molecule has 0 saturated carbocycles. The second-order valence-corrected chi connectivity index (χ2v) is 5.14. The van der Waals surface area contributed by atoms with Crippen molar-refractivity contribution in [2.24, 2.45) is 0 Å². The Kier molecular flexibility index (Phi) is 3.44. The van der Waals surface area contributed by atoms with Gasteiger partial charge in [-0.2, -0.15) is 0 Å². The van der Waals surface area contributed by atoms with Crippen LogP contribution in [-0.4, -0.2) is 29.5 Å². The van der Waals surface area contributed by atoms with E-state index >= 15 is 0 Å². The van der Waals surface area contributed by atoms with Crippen LogP contribution in [0, 0.1) is 0 Å². The van der Waals surface area contributed by atoms with Crippen molar-refractivity contribution in [1.82, 2.24) is 0 Å². The predicted octanol–water partition coefficient (Wildman–Crippen LogP) is 2.08. The minimum Gasteiger partial charge on any atom is -0.461 e. The molecule has 4 heteroatoms. The fourth-order valence-electron chi connectivity index (χ4n) is 2.67. The summed E-state index contributed by atoms with van der Waals surface area (Å²) >= 11 is 0. The lowest BCUT2D eigenvalue weighted by molar-refractivity contribution is 0.105. The third kappa shape index (κ3) is 2.46. The molecule has 4 nitrogen and oxygen atoms in total. The largest absolute Gasteiger partial charge is 0.461 e. The van der Waals surface area contributed by atoms with Crippen molar-refractivity contribution in [2.45, 2.75) is 31.8 Å². The third-order valence-electron chi connectivity index (χ3n) is 3.71. The molecule has 1 aliphatic carbocycles. The fraction of sp³-hybridized carbons (Fsp3) is 0.467. The maximum Gasteiger partial charge on any atom is 0.134 e. The van der Waals surface area contributed by atoms with Gasteiger partial charge in [0.05, 0.1) is 12.7 Å². The van der Waals surface area contributed by atoms with Crippen LogP contribution < -0.4 is 5.32 Å². The lowest BCUT2D eigenvalue weighted by atomic mass is 9.96. The number of furan rings is 1. The smallest absolute Gasteiger partial charge is 0.134 e. The minimum absolute atomic E-state index is 0.226. The van der Waals surface area contributed by atoms with E-state index in [0.717, 1.165) is 29.9 Å². The van der Waals surface area contributed by atoms with Crippen LogP contribution in [0.5, 0.6) is 0 Å². The van der Waals surface area contributed by atoms with Crippen molar-refractivity contribution < 1.29 is 14.6 Å². The molecule has 0 aliphatic heterocycles. The van der Waals surface area contributed by atoms with Gasteiger partial charge in [0.25, 0.3) is 0 Å². The van der Waals surface area contributed by atoms with Gasteiger partial charge in [-0.25, -0.2) is 0 Å². The number of anilines is 1. The van der Waals surface area contributed by atoms with Gasteiger partial charge in [0.15, 0.2) is 0 Å². The summed E-state index contributed by atoms with van der Waals surface area (Å²) in [6.45, 7) is 0.123. The van der Waals surface area contributed by atoms with E-state index in [4.69, 9.17) is 9.52 Å². The van der Waals surface area contributed by atoms with Gasteiger partial charge in [0.2, 0.25) is 0 Å². The van der Waals surface area contributed by atoms with Gasteiger partial charge in [-0.05, 0) is 37.5 Å². The first-order valence-corrected chi connectivity index (χ1v) is 6.85. The van der Waals surface area contributed by atoms with Crippen LogP contribution in [0.4, 0.5) is 5.69 Å². The standard InChI is InChI=1S/C15H19NO3/c17-9-11(18)8-16-10-5-6-15-13(7-10)12-3-1-2-4-14(12)19-15/h5-7,11,16-18H,1-4,8-9H2. The number of aliphatic hydroxyl groups is 2. The molecule has 0 fully saturated rings. The molecule has 0 radical (unpaired) electrons. The summed E-state index contributed by atoms with van der Waals surface area (Å²) < 4.78 is 5.88. The Morgan fingerprint density at radius 3 is 2.95 bits per heavy atom. The second-order valence-electron chi connectivity index (χ2n) is 5.14. The second kappa shape index (κ2) is 5.23. The highest BCUT2D eigenvalue weighted by Crippen LogP contribution is 2.33. The molecule has 1 atom stereocenters. The molecule has 0 amide bonds. The SMILES string of the molecule is OCC(O)CNc1ccc2oc3c(c2c1)CCCC3. The summed E-state index contributed by atoms with van der Waals surface area (Å²) in [4.78, 5) is 0. The van der Waals surface area contributed by atoms with E-state index in [-0.39, 0.29) is 6.61 Å². The molecule has 1 heterocycles. The van der Waals surface area contributed by atoms with Gasteiger partial charge in [0, 0.05) is 29.6 Å². The molecule has 1 aromatic heterocycles. The van der Waals surface area contributed by atoms with E-state index in [1.807, 2.05) is 12.1 Å². The Bertz CT molecular complexity index is 576. The van der Waals surface area contributed by atoms with E-state index in [0.29, 0.717) is 6.54 Å². The molecule has 19 heavy (non-hydrogen) atoms. The first-order chi connectivity index (χ1) is 9.28. The Hall–Kier alpha value is -1.52. The van der Waals surface area contributed by atoms with Crippen molar-refractivity contribution in [3.05, 3.63) is 29.5 Å². The van der Waals surface area contributed by atoms with Gasteiger partial charge in [-0.3, -0.25) is 0 Å².